The van der Waals surface area contributed by atoms with Crippen LogP contribution in [-0.4, -0.2) is 18.0 Å². The third-order valence-electron chi connectivity index (χ3n) is 1.93. The lowest BCUT2D eigenvalue weighted by molar-refractivity contribution is -0.116. The number of anilines is 1. The van der Waals surface area contributed by atoms with Crippen molar-refractivity contribution in [1.82, 2.24) is 0 Å². The highest BCUT2D eigenvalue weighted by atomic mass is 16.1. The lowest BCUT2D eigenvalue weighted by Crippen LogP contribution is -2.13. The maximum atomic E-state index is 11.2. The molecule has 5 nitrogen and oxygen atoms in total. The monoisotopic (exact) mass is 218 g/mol. The average molecular weight is 218 g/mol. The molecule has 83 valence electrons. The van der Waals surface area contributed by atoms with Crippen molar-refractivity contribution in [3.63, 3.8) is 0 Å². The van der Waals surface area contributed by atoms with Gasteiger partial charge < -0.3 is 11.1 Å². The summed E-state index contributed by atoms with van der Waals surface area (Å²) in [5, 5.41) is 9.80. The largest absolute Gasteiger partial charge is 0.384 e. The minimum atomic E-state index is -0.237. The van der Waals surface area contributed by atoms with Gasteiger partial charge in [-0.05, 0) is 24.3 Å². The van der Waals surface area contributed by atoms with Gasteiger partial charge in [-0.25, -0.2) is 0 Å². The molecule has 0 saturated carbocycles. The first kappa shape index (κ1) is 11.9. The molecule has 1 aromatic rings. The molecule has 0 fully saturated rings. The zero-order valence-corrected chi connectivity index (χ0v) is 8.62. The van der Waals surface area contributed by atoms with Gasteiger partial charge in [0.1, 0.15) is 5.84 Å². The first-order chi connectivity index (χ1) is 7.63. The number of amides is 1. The van der Waals surface area contributed by atoms with E-state index in [0.29, 0.717) is 11.3 Å². The Morgan fingerprint density at radius 1 is 1.38 bits per heavy atom. The number of amidine groups is 1. The van der Waals surface area contributed by atoms with Gasteiger partial charge in [0.05, 0.1) is 0 Å². The number of nitrogens with two attached hydrogens (primary N) is 1. The second-order valence-corrected chi connectivity index (χ2v) is 3.18. The van der Waals surface area contributed by atoms with Crippen LogP contribution in [0.4, 0.5) is 5.69 Å². The van der Waals surface area contributed by atoms with Gasteiger partial charge in [0.25, 0.3) is 0 Å². The number of nitrogens with one attached hydrogen (secondary N) is 2. The van der Waals surface area contributed by atoms with Crippen molar-refractivity contribution in [2.45, 2.75) is 12.8 Å². The minimum Gasteiger partial charge on any atom is -0.384 e. The first-order valence-corrected chi connectivity index (χ1v) is 4.73. The van der Waals surface area contributed by atoms with E-state index in [9.17, 15) is 9.59 Å². The molecule has 16 heavy (non-hydrogen) atoms. The van der Waals surface area contributed by atoms with Gasteiger partial charge in [-0.3, -0.25) is 15.0 Å². The molecular weight excluding hydrogens is 206 g/mol. The van der Waals surface area contributed by atoms with E-state index in [1.54, 1.807) is 30.6 Å². The Balaban J connectivity index is 2.58. The van der Waals surface area contributed by atoms with Crippen LogP contribution >= 0.6 is 0 Å². The van der Waals surface area contributed by atoms with E-state index in [1.807, 2.05) is 0 Å². The molecule has 0 unspecified atom stereocenters. The molecule has 1 radical (unpaired) electrons. The Labute approximate surface area is 93.2 Å². The number of carbonyl (C=O) groups excluding carboxylic acids is 2. The predicted molar refractivity (Wildman–Crippen MR) is 61.0 cm³/mol. The summed E-state index contributed by atoms with van der Waals surface area (Å²) in [5.74, 6) is -0.257. The summed E-state index contributed by atoms with van der Waals surface area (Å²) in [5.41, 5.74) is 6.49. The summed E-state index contributed by atoms with van der Waals surface area (Å²) in [6.07, 6.45) is 1.87. The topological polar surface area (TPSA) is 96.0 Å². The van der Waals surface area contributed by atoms with Crippen LogP contribution < -0.4 is 11.1 Å². The summed E-state index contributed by atoms with van der Waals surface area (Å²) in [4.78, 5) is 21.2. The average Bonchev–Trinajstić information content (AvgIpc) is 2.27. The van der Waals surface area contributed by atoms with E-state index in [2.05, 4.69) is 5.32 Å². The number of rotatable bonds is 5. The van der Waals surface area contributed by atoms with E-state index in [1.165, 1.54) is 0 Å². The van der Waals surface area contributed by atoms with E-state index in [-0.39, 0.29) is 24.6 Å². The van der Waals surface area contributed by atoms with Crippen LogP contribution in [0.15, 0.2) is 24.3 Å². The van der Waals surface area contributed by atoms with Crippen LogP contribution in [0.1, 0.15) is 18.4 Å². The second-order valence-electron chi connectivity index (χ2n) is 3.18. The molecule has 0 spiro atoms. The third-order valence-corrected chi connectivity index (χ3v) is 1.93. The molecule has 1 amide bonds. The molecule has 0 aromatic heterocycles. The molecule has 1 aromatic carbocycles. The Bertz CT molecular complexity index is 398. The van der Waals surface area contributed by atoms with E-state index in [0.717, 1.165) is 0 Å². The quantitative estimate of drug-likeness (QED) is 0.503. The van der Waals surface area contributed by atoms with Crippen molar-refractivity contribution in [2.24, 2.45) is 5.73 Å². The number of nitrogen functional groups attached to an aromatic ring is 1. The molecule has 0 aliphatic rings. The lowest BCUT2D eigenvalue weighted by atomic mass is 10.2. The summed E-state index contributed by atoms with van der Waals surface area (Å²) in [7, 11) is 0. The highest BCUT2D eigenvalue weighted by molar-refractivity contribution is 5.96. The highest BCUT2D eigenvalue weighted by Gasteiger charge is 2.02. The highest BCUT2D eigenvalue weighted by Crippen LogP contribution is 2.09. The molecule has 0 aliphatic heterocycles. The van der Waals surface area contributed by atoms with Crippen LogP contribution in [0.25, 0.3) is 0 Å². The van der Waals surface area contributed by atoms with E-state index >= 15 is 0 Å². The Kier molecular flexibility index (Phi) is 4.20. The first-order valence-electron chi connectivity index (χ1n) is 4.73. The maximum Gasteiger partial charge on any atom is 0.224 e. The van der Waals surface area contributed by atoms with E-state index in [4.69, 9.17) is 11.1 Å². The fourth-order valence-corrected chi connectivity index (χ4v) is 1.12. The van der Waals surface area contributed by atoms with Crippen molar-refractivity contribution < 1.29 is 9.59 Å². The minimum absolute atomic E-state index is 0.0200. The molecule has 1 rings (SSSR count). The molecule has 0 heterocycles. The van der Waals surface area contributed by atoms with Crippen molar-refractivity contribution in [3.8, 4) is 0 Å². The second kappa shape index (κ2) is 5.65. The molecule has 0 atom stereocenters. The molecule has 0 bridgehead atoms. The number of carbonyl (C=O) groups is 1. The van der Waals surface area contributed by atoms with Crippen LogP contribution in [0.5, 0.6) is 0 Å². The predicted octanol–water partition coefficient (Wildman–Crippen LogP) is 0.799. The van der Waals surface area contributed by atoms with Crippen LogP contribution in [0.3, 0.4) is 0 Å². The van der Waals surface area contributed by atoms with Gasteiger partial charge in [-0.1, -0.05) is 0 Å². The fraction of sp³-hybridized carbons (Fsp3) is 0.182. The summed E-state index contributed by atoms with van der Waals surface area (Å²) >= 11 is 0. The Morgan fingerprint density at radius 3 is 2.50 bits per heavy atom. The van der Waals surface area contributed by atoms with Gasteiger partial charge in [-0.15, -0.1) is 0 Å². The normalized spacial score (nSPS) is 9.50. The van der Waals surface area contributed by atoms with Crippen LogP contribution in [-0.2, 0) is 9.59 Å². The van der Waals surface area contributed by atoms with Gasteiger partial charge in [-0.2, -0.15) is 0 Å². The fourth-order valence-electron chi connectivity index (χ4n) is 1.12. The van der Waals surface area contributed by atoms with Crippen LogP contribution in [0, 0.1) is 5.41 Å². The zero-order chi connectivity index (χ0) is 12.0. The Morgan fingerprint density at radius 2 is 2.00 bits per heavy atom. The molecular formula is C11H12N3O2. The number of hydrogen-bond acceptors (Lipinski definition) is 3. The summed E-state index contributed by atoms with van der Waals surface area (Å²) in [6, 6.07) is 6.59. The van der Waals surface area contributed by atoms with Gasteiger partial charge in [0.2, 0.25) is 5.91 Å². The van der Waals surface area contributed by atoms with Crippen molar-refractivity contribution in [3.05, 3.63) is 29.8 Å². The standard InChI is InChI=1S/C11H12N3O2/c12-11(13)8-3-5-9(6-4-8)14-10(16)2-1-7-15/h3-6H,1-2H2,(H3,12,13)(H,14,16). The van der Waals surface area contributed by atoms with E-state index < -0.39 is 0 Å². The summed E-state index contributed by atoms with van der Waals surface area (Å²) < 4.78 is 0. The zero-order valence-electron chi connectivity index (χ0n) is 8.62. The maximum absolute atomic E-state index is 11.2. The van der Waals surface area contributed by atoms with Gasteiger partial charge in [0.15, 0.2) is 6.29 Å². The lowest BCUT2D eigenvalue weighted by Gasteiger charge is -2.04. The molecule has 5 heteroatoms. The molecule has 0 saturated heterocycles. The molecule has 0 aliphatic carbocycles. The van der Waals surface area contributed by atoms with Gasteiger partial charge in [0, 0.05) is 24.1 Å². The SMILES string of the molecule is N=C(N)c1ccc(NC(=O)CC[C]=O)cc1. The van der Waals surface area contributed by atoms with Crippen molar-refractivity contribution in [2.75, 3.05) is 5.32 Å². The van der Waals surface area contributed by atoms with Gasteiger partial charge >= 0.3 is 0 Å². The summed E-state index contributed by atoms with van der Waals surface area (Å²) in [6.45, 7) is 0. The molecule has 4 N–H and O–H groups in total. The smallest absolute Gasteiger partial charge is 0.224 e. The van der Waals surface area contributed by atoms with Crippen LogP contribution in [0.2, 0.25) is 0 Å². The Hall–Kier alpha value is -2.17. The van der Waals surface area contributed by atoms with Crippen molar-refractivity contribution in [1.29, 1.82) is 5.41 Å². The third kappa shape index (κ3) is 3.53. The van der Waals surface area contributed by atoms with Crippen molar-refractivity contribution >= 4 is 23.7 Å². The number of benzene rings is 1. The number of hydrogen-bond donors (Lipinski definition) is 3.